The Balaban J connectivity index is 2.10. The molecule has 3 N–H and O–H groups in total. The molecule has 122 valence electrons. The predicted molar refractivity (Wildman–Crippen MR) is 70.1 cm³/mol. The van der Waals surface area contributed by atoms with Gasteiger partial charge < -0.3 is 34.5 Å². The van der Waals surface area contributed by atoms with Crippen molar-refractivity contribution in [2.45, 2.75) is 63.3 Å². The monoisotopic (exact) mass is 305 g/mol. The first-order valence-corrected chi connectivity index (χ1v) is 6.95. The maximum Gasteiger partial charge on any atom is 0.325 e. The second-order valence-electron chi connectivity index (χ2n) is 5.54. The molecular formula is C13H23NO7. The smallest absolute Gasteiger partial charge is 0.325 e. The quantitative estimate of drug-likeness (QED) is 0.631. The van der Waals surface area contributed by atoms with E-state index in [1.807, 2.05) is 0 Å². The minimum Gasteiger partial charge on any atom is -0.465 e. The van der Waals surface area contributed by atoms with E-state index in [9.17, 15) is 9.90 Å². The van der Waals surface area contributed by atoms with Crippen LogP contribution in [0.1, 0.15) is 20.8 Å². The molecule has 8 nitrogen and oxygen atoms in total. The van der Waals surface area contributed by atoms with Crippen LogP contribution in [0.2, 0.25) is 0 Å². The summed E-state index contributed by atoms with van der Waals surface area (Å²) in [6, 6.07) is -1.22. The van der Waals surface area contributed by atoms with Crippen LogP contribution in [0.3, 0.4) is 0 Å². The van der Waals surface area contributed by atoms with Gasteiger partial charge in [-0.1, -0.05) is 0 Å². The first-order valence-electron chi connectivity index (χ1n) is 6.95. The third kappa shape index (κ3) is 3.20. The van der Waals surface area contributed by atoms with Crippen molar-refractivity contribution in [3.05, 3.63) is 0 Å². The number of aliphatic hydroxyl groups excluding tert-OH is 1. The number of rotatable bonds is 5. The summed E-state index contributed by atoms with van der Waals surface area (Å²) in [5, 5.41) is 10.3. The lowest BCUT2D eigenvalue weighted by Crippen LogP contribution is -2.52. The van der Waals surface area contributed by atoms with Gasteiger partial charge in [-0.05, 0) is 20.8 Å². The van der Waals surface area contributed by atoms with Crippen LogP contribution < -0.4 is 5.73 Å². The Morgan fingerprint density at radius 2 is 2.00 bits per heavy atom. The summed E-state index contributed by atoms with van der Waals surface area (Å²) >= 11 is 0. The van der Waals surface area contributed by atoms with Gasteiger partial charge in [0.1, 0.15) is 30.5 Å². The Kier molecular flexibility index (Phi) is 4.86. The zero-order valence-corrected chi connectivity index (χ0v) is 12.6. The van der Waals surface area contributed by atoms with Gasteiger partial charge >= 0.3 is 5.97 Å². The van der Waals surface area contributed by atoms with E-state index in [0.717, 1.165) is 0 Å². The molecule has 8 heteroatoms. The van der Waals surface area contributed by atoms with Crippen molar-refractivity contribution in [1.29, 1.82) is 0 Å². The second kappa shape index (κ2) is 6.15. The van der Waals surface area contributed by atoms with Crippen molar-refractivity contribution in [2.24, 2.45) is 5.73 Å². The molecule has 2 fully saturated rings. The van der Waals surface area contributed by atoms with Gasteiger partial charge in [-0.2, -0.15) is 0 Å². The molecule has 2 heterocycles. The highest BCUT2D eigenvalue weighted by Gasteiger charge is 2.58. The van der Waals surface area contributed by atoms with Crippen LogP contribution in [0.4, 0.5) is 0 Å². The topological polar surface area (TPSA) is 109 Å². The number of methoxy groups -OCH3 is 1. The van der Waals surface area contributed by atoms with Crippen LogP contribution >= 0.6 is 0 Å². The number of aliphatic hydroxyl groups is 1. The van der Waals surface area contributed by atoms with Crippen molar-refractivity contribution in [3.8, 4) is 0 Å². The first kappa shape index (κ1) is 16.6. The average Bonchev–Trinajstić information content (AvgIpc) is 2.90. The fraction of sp³-hybridized carbons (Fsp3) is 0.923. The summed E-state index contributed by atoms with van der Waals surface area (Å²) in [6.07, 6.45) is -3.86. The van der Waals surface area contributed by atoms with E-state index in [2.05, 4.69) is 0 Å². The highest BCUT2D eigenvalue weighted by Crippen LogP contribution is 2.40. The molecule has 0 aliphatic carbocycles. The third-order valence-corrected chi connectivity index (χ3v) is 3.54. The standard InChI is InChI=1S/C13H23NO7/c1-5-18-11(16)6(14)7(15)8-9-10(12(17-4)19-8)21-13(2,3)20-9/h6-10,12,15H,5,14H2,1-4H3/t6-,7+,8-,9+,10+,12-/m1/s1. The van der Waals surface area contributed by atoms with Crippen LogP contribution in [0.25, 0.3) is 0 Å². The van der Waals surface area contributed by atoms with Gasteiger partial charge in [0.2, 0.25) is 0 Å². The molecule has 0 spiro atoms. The Labute approximate surface area is 123 Å². The average molecular weight is 305 g/mol. The van der Waals surface area contributed by atoms with E-state index in [-0.39, 0.29) is 6.61 Å². The number of carbonyl (C=O) groups excluding carboxylic acids is 1. The van der Waals surface area contributed by atoms with Crippen molar-refractivity contribution < 1.29 is 33.6 Å². The largest absolute Gasteiger partial charge is 0.465 e. The van der Waals surface area contributed by atoms with E-state index in [0.29, 0.717) is 0 Å². The highest BCUT2D eigenvalue weighted by molar-refractivity contribution is 5.76. The summed E-state index contributed by atoms with van der Waals surface area (Å²) in [6.45, 7) is 5.36. The molecule has 0 bridgehead atoms. The summed E-state index contributed by atoms with van der Waals surface area (Å²) in [5.74, 6) is -1.51. The first-order chi connectivity index (χ1) is 9.80. The number of fused-ring (bicyclic) bond motifs is 1. The maximum absolute atomic E-state index is 11.6. The van der Waals surface area contributed by atoms with E-state index < -0.39 is 48.5 Å². The van der Waals surface area contributed by atoms with Crippen LogP contribution in [0.15, 0.2) is 0 Å². The van der Waals surface area contributed by atoms with Gasteiger partial charge in [0.15, 0.2) is 12.1 Å². The molecule has 0 radical (unpaired) electrons. The van der Waals surface area contributed by atoms with Crippen molar-refractivity contribution >= 4 is 5.97 Å². The van der Waals surface area contributed by atoms with Crippen molar-refractivity contribution in [1.82, 2.24) is 0 Å². The van der Waals surface area contributed by atoms with Crippen LogP contribution in [-0.2, 0) is 28.5 Å². The van der Waals surface area contributed by atoms with E-state index in [4.69, 9.17) is 29.4 Å². The highest BCUT2D eigenvalue weighted by atomic mass is 16.8. The SMILES string of the molecule is CCOC(=O)[C@H](N)[C@H](O)[C@H]1O[C@@H](OC)[C@H]2OC(C)(C)O[C@H]21. The van der Waals surface area contributed by atoms with E-state index >= 15 is 0 Å². The van der Waals surface area contributed by atoms with E-state index in [1.165, 1.54) is 7.11 Å². The minimum absolute atomic E-state index is 0.185. The zero-order chi connectivity index (χ0) is 15.8. The zero-order valence-electron chi connectivity index (χ0n) is 12.6. The second-order valence-corrected chi connectivity index (χ2v) is 5.54. The Hall–Kier alpha value is -0.770. The number of nitrogens with two attached hydrogens (primary N) is 1. The summed E-state index contributed by atoms with van der Waals surface area (Å²) in [7, 11) is 1.47. The van der Waals surface area contributed by atoms with Gasteiger partial charge in [0.25, 0.3) is 0 Å². The molecule has 2 saturated heterocycles. The molecule has 0 saturated carbocycles. The molecule has 21 heavy (non-hydrogen) atoms. The Bertz CT molecular complexity index is 389. The lowest BCUT2D eigenvalue weighted by atomic mass is 10.0. The normalized spacial score (nSPS) is 37.0. The Morgan fingerprint density at radius 3 is 2.57 bits per heavy atom. The summed E-state index contributed by atoms with van der Waals surface area (Å²) in [5.41, 5.74) is 5.72. The molecule has 2 rings (SSSR count). The van der Waals surface area contributed by atoms with Gasteiger partial charge in [0.05, 0.1) is 6.61 Å². The Morgan fingerprint density at radius 1 is 1.38 bits per heavy atom. The fourth-order valence-electron chi connectivity index (χ4n) is 2.64. The van der Waals surface area contributed by atoms with Gasteiger partial charge in [-0.3, -0.25) is 4.79 Å². The minimum atomic E-state index is -1.28. The molecule has 0 aromatic carbocycles. The maximum atomic E-state index is 11.6. The van der Waals surface area contributed by atoms with Crippen LogP contribution in [0.5, 0.6) is 0 Å². The van der Waals surface area contributed by atoms with Gasteiger partial charge in [-0.15, -0.1) is 0 Å². The fourth-order valence-corrected chi connectivity index (χ4v) is 2.64. The van der Waals surface area contributed by atoms with Crippen molar-refractivity contribution in [3.63, 3.8) is 0 Å². The lowest BCUT2D eigenvalue weighted by molar-refractivity contribution is -0.238. The molecule has 0 amide bonds. The molecule has 2 aliphatic heterocycles. The molecule has 2 aliphatic rings. The number of ether oxygens (including phenoxy) is 5. The summed E-state index contributed by atoms with van der Waals surface area (Å²) < 4.78 is 27.0. The number of esters is 1. The number of hydrogen-bond donors (Lipinski definition) is 2. The van der Waals surface area contributed by atoms with Crippen LogP contribution in [-0.4, -0.2) is 67.3 Å². The number of carbonyl (C=O) groups is 1. The predicted octanol–water partition coefficient (Wildman–Crippen LogP) is -0.871. The molecule has 6 atom stereocenters. The van der Waals surface area contributed by atoms with Crippen molar-refractivity contribution in [2.75, 3.05) is 13.7 Å². The third-order valence-electron chi connectivity index (χ3n) is 3.54. The lowest BCUT2D eigenvalue weighted by Gasteiger charge is -2.28. The number of hydrogen-bond acceptors (Lipinski definition) is 8. The molecule has 0 aromatic rings. The molecule has 0 aromatic heterocycles. The van der Waals surface area contributed by atoms with E-state index in [1.54, 1.807) is 20.8 Å². The van der Waals surface area contributed by atoms with Gasteiger partial charge in [-0.25, -0.2) is 0 Å². The summed E-state index contributed by atoms with van der Waals surface area (Å²) in [4.78, 5) is 11.6. The molecular weight excluding hydrogens is 282 g/mol. The van der Waals surface area contributed by atoms with Crippen LogP contribution in [0, 0.1) is 0 Å². The van der Waals surface area contributed by atoms with Gasteiger partial charge in [0, 0.05) is 7.11 Å². The molecule has 0 unspecified atom stereocenters.